The second kappa shape index (κ2) is 7.94. The average Bonchev–Trinajstić information content (AvgIpc) is 2.51. The van der Waals surface area contributed by atoms with Crippen molar-refractivity contribution in [3.05, 3.63) is 28.5 Å². The van der Waals surface area contributed by atoms with Crippen LogP contribution in [0.15, 0.2) is 18.5 Å². The summed E-state index contributed by atoms with van der Waals surface area (Å²) in [5.74, 6) is -0.443. The van der Waals surface area contributed by atoms with Crippen molar-refractivity contribution >= 4 is 46.0 Å². The Morgan fingerprint density at radius 2 is 2.04 bits per heavy atom. The van der Waals surface area contributed by atoms with E-state index in [1.165, 1.54) is 6.33 Å². The monoisotopic (exact) mass is 356 g/mol. The van der Waals surface area contributed by atoms with Crippen LogP contribution >= 0.6 is 23.2 Å². The minimum absolute atomic E-state index is 0.156. The van der Waals surface area contributed by atoms with E-state index in [2.05, 4.69) is 20.6 Å². The van der Waals surface area contributed by atoms with Crippen molar-refractivity contribution in [1.29, 1.82) is 0 Å². The molecule has 2 N–H and O–H groups in total. The zero-order chi connectivity index (χ0) is 16.8. The van der Waals surface area contributed by atoms with E-state index >= 15 is 0 Å². The lowest BCUT2D eigenvalue weighted by molar-refractivity contribution is -0.122. The first kappa shape index (κ1) is 17.2. The van der Waals surface area contributed by atoms with Crippen LogP contribution in [0.2, 0.25) is 10.0 Å². The molecule has 0 aliphatic carbocycles. The lowest BCUT2D eigenvalue weighted by atomic mass is 10.2. The number of halogens is 2. The SMILES string of the molecule is CCCNC(=O)NC(=O)COc1ncnc2c(Cl)cc(Cl)cc12. The Bertz CT molecular complexity index is 739. The molecular weight excluding hydrogens is 343 g/mol. The van der Waals surface area contributed by atoms with Crippen LogP contribution in [0.4, 0.5) is 4.79 Å². The van der Waals surface area contributed by atoms with Crippen LogP contribution in [0.3, 0.4) is 0 Å². The molecule has 0 spiro atoms. The van der Waals surface area contributed by atoms with E-state index < -0.39 is 11.9 Å². The molecule has 1 aromatic heterocycles. The maximum atomic E-state index is 11.7. The normalized spacial score (nSPS) is 10.4. The number of fused-ring (bicyclic) bond motifs is 1. The molecular formula is C14H14Cl2N4O3. The lowest BCUT2D eigenvalue weighted by Gasteiger charge is -2.09. The summed E-state index contributed by atoms with van der Waals surface area (Å²) in [7, 11) is 0. The number of carbonyl (C=O) groups is 2. The van der Waals surface area contributed by atoms with Gasteiger partial charge in [-0.25, -0.2) is 14.8 Å². The highest BCUT2D eigenvalue weighted by molar-refractivity contribution is 6.38. The second-order valence-corrected chi connectivity index (χ2v) is 5.40. The van der Waals surface area contributed by atoms with E-state index in [-0.39, 0.29) is 12.5 Å². The van der Waals surface area contributed by atoms with E-state index in [9.17, 15) is 9.59 Å². The van der Waals surface area contributed by atoms with Crippen LogP contribution in [0.5, 0.6) is 5.88 Å². The highest BCUT2D eigenvalue weighted by Crippen LogP contribution is 2.30. The minimum atomic E-state index is -0.599. The van der Waals surface area contributed by atoms with Gasteiger partial charge in [-0.2, -0.15) is 0 Å². The minimum Gasteiger partial charge on any atom is -0.467 e. The first-order valence-corrected chi connectivity index (χ1v) is 7.57. The van der Waals surface area contributed by atoms with Gasteiger partial charge in [0.25, 0.3) is 5.91 Å². The molecule has 2 rings (SSSR count). The van der Waals surface area contributed by atoms with Gasteiger partial charge in [0.2, 0.25) is 5.88 Å². The third kappa shape index (κ3) is 4.67. The molecule has 9 heteroatoms. The molecule has 0 aliphatic rings. The average molecular weight is 357 g/mol. The van der Waals surface area contributed by atoms with Crippen molar-refractivity contribution in [1.82, 2.24) is 20.6 Å². The Morgan fingerprint density at radius 3 is 2.78 bits per heavy atom. The number of aromatic nitrogens is 2. The van der Waals surface area contributed by atoms with Crippen LogP contribution in [0.1, 0.15) is 13.3 Å². The highest BCUT2D eigenvalue weighted by atomic mass is 35.5. The van der Waals surface area contributed by atoms with Gasteiger partial charge in [-0.15, -0.1) is 0 Å². The number of amides is 3. The molecule has 0 atom stereocenters. The number of rotatable bonds is 5. The largest absolute Gasteiger partial charge is 0.467 e. The Balaban J connectivity index is 2.05. The van der Waals surface area contributed by atoms with Crippen molar-refractivity contribution in [2.45, 2.75) is 13.3 Å². The molecule has 0 saturated heterocycles. The number of carbonyl (C=O) groups excluding carboxylic acids is 2. The van der Waals surface area contributed by atoms with Gasteiger partial charge in [0, 0.05) is 11.6 Å². The van der Waals surface area contributed by atoms with Crippen LogP contribution < -0.4 is 15.4 Å². The molecule has 1 heterocycles. The molecule has 0 bridgehead atoms. The molecule has 0 aliphatic heterocycles. The first-order chi connectivity index (χ1) is 11.0. The Hall–Kier alpha value is -2.12. The maximum absolute atomic E-state index is 11.7. The number of nitrogens with one attached hydrogen (secondary N) is 2. The summed E-state index contributed by atoms with van der Waals surface area (Å²) in [6.07, 6.45) is 2.04. The Morgan fingerprint density at radius 1 is 1.26 bits per heavy atom. The molecule has 23 heavy (non-hydrogen) atoms. The summed E-state index contributed by atoms with van der Waals surface area (Å²) >= 11 is 12.0. The zero-order valence-corrected chi connectivity index (χ0v) is 13.7. The van der Waals surface area contributed by atoms with Crippen molar-refractivity contribution < 1.29 is 14.3 Å². The zero-order valence-electron chi connectivity index (χ0n) is 12.2. The van der Waals surface area contributed by atoms with Gasteiger partial charge >= 0.3 is 6.03 Å². The van der Waals surface area contributed by atoms with E-state index in [1.807, 2.05) is 6.92 Å². The third-order valence-electron chi connectivity index (χ3n) is 2.75. The van der Waals surface area contributed by atoms with Gasteiger partial charge in [-0.1, -0.05) is 30.1 Å². The maximum Gasteiger partial charge on any atom is 0.321 e. The molecule has 0 unspecified atom stereocenters. The van der Waals surface area contributed by atoms with E-state index in [0.717, 1.165) is 6.42 Å². The number of hydrogen-bond donors (Lipinski definition) is 2. The fourth-order valence-corrected chi connectivity index (χ4v) is 2.31. The molecule has 1 aromatic carbocycles. The van der Waals surface area contributed by atoms with Crippen molar-refractivity contribution in [3.8, 4) is 5.88 Å². The predicted octanol–water partition coefficient (Wildman–Crippen LogP) is 2.55. The molecule has 0 fully saturated rings. The topological polar surface area (TPSA) is 93.2 Å². The lowest BCUT2D eigenvalue weighted by Crippen LogP contribution is -2.41. The van der Waals surface area contributed by atoms with E-state index in [4.69, 9.17) is 27.9 Å². The quantitative estimate of drug-likeness (QED) is 0.858. The predicted molar refractivity (Wildman–Crippen MR) is 86.9 cm³/mol. The van der Waals surface area contributed by atoms with Crippen molar-refractivity contribution in [3.63, 3.8) is 0 Å². The molecule has 7 nitrogen and oxygen atoms in total. The summed E-state index contributed by atoms with van der Waals surface area (Å²) in [6, 6.07) is 2.57. The summed E-state index contributed by atoms with van der Waals surface area (Å²) < 4.78 is 5.34. The van der Waals surface area contributed by atoms with Gasteiger partial charge in [0.05, 0.1) is 15.9 Å². The number of hydrogen-bond acceptors (Lipinski definition) is 5. The van der Waals surface area contributed by atoms with Crippen LogP contribution in [0, 0.1) is 0 Å². The second-order valence-electron chi connectivity index (χ2n) is 4.56. The van der Waals surface area contributed by atoms with E-state index in [1.54, 1.807) is 12.1 Å². The van der Waals surface area contributed by atoms with Gasteiger partial charge in [0.1, 0.15) is 6.33 Å². The number of benzene rings is 1. The fourth-order valence-electron chi connectivity index (χ4n) is 1.76. The summed E-state index contributed by atoms with van der Waals surface area (Å²) in [6.45, 7) is 2.00. The van der Waals surface area contributed by atoms with E-state index in [0.29, 0.717) is 27.5 Å². The van der Waals surface area contributed by atoms with Gasteiger partial charge in [0.15, 0.2) is 6.61 Å². The smallest absolute Gasteiger partial charge is 0.321 e. The number of ether oxygens (including phenoxy) is 1. The molecule has 3 amide bonds. The Kier molecular flexibility index (Phi) is 5.95. The standard InChI is InChI=1S/C14H14Cl2N4O3/c1-2-3-17-14(22)20-11(21)6-23-13-9-4-8(15)5-10(16)12(9)18-7-19-13/h4-5,7H,2-3,6H2,1H3,(H2,17,20,21,22). The van der Waals surface area contributed by atoms with Crippen LogP contribution in [-0.4, -0.2) is 35.1 Å². The van der Waals surface area contributed by atoms with Gasteiger partial charge in [-0.05, 0) is 18.6 Å². The molecule has 2 aromatic rings. The Labute approximate surface area is 142 Å². The molecule has 0 saturated carbocycles. The van der Waals surface area contributed by atoms with Crippen molar-refractivity contribution in [2.75, 3.05) is 13.2 Å². The first-order valence-electron chi connectivity index (χ1n) is 6.81. The van der Waals surface area contributed by atoms with Gasteiger partial charge in [-0.3, -0.25) is 10.1 Å². The number of nitrogens with zero attached hydrogens (tertiary/aromatic N) is 2. The van der Waals surface area contributed by atoms with Crippen LogP contribution in [0.25, 0.3) is 10.9 Å². The summed E-state index contributed by atoms with van der Waals surface area (Å²) in [5.41, 5.74) is 0.460. The summed E-state index contributed by atoms with van der Waals surface area (Å²) in [4.78, 5) is 31.0. The highest BCUT2D eigenvalue weighted by Gasteiger charge is 2.12. The molecule has 122 valence electrons. The van der Waals surface area contributed by atoms with Crippen molar-refractivity contribution in [2.24, 2.45) is 0 Å². The van der Waals surface area contributed by atoms with Gasteiger partial charge < -0.3 is 10.1 Å². The summed E-state index contributed by atoms with van der Waals surface area (Å²) in [5, 5.41) is 5.89. The number of imide groups is 1. The third-order valence-corrected chi connectivity index (χ3v) is 3.26. The molecule has 0 radical (unpaired) electrons. The fraction of sp³-hybridized carbons (Fsp3) is 0.286. The van der Waals surface area contributed by atoms with Crippen LogP contribution in [-0.2, 0) is 4.79 Å². The number of urea groups is 1.